The highest BCUT2D eigenvalue weighted by Gasteiger charge is 2.24. The molecule has 7 nitrogen and oxygen atoms in total. The van der Waals surface area contributed by atoms with Crippen LogP contribution in [0.2, 0.25) is 0 Å². The number of aromatic amines is 1. The Balaban J connectivity index is 1.31. The normalized spacial score (nSPS) is 14.7. The smallest absolute Gasteiger partial charge is 0.228 e. The molecular weight excluding hydrogens is 344 g/mol. The highest BCUT2D eigenvalue weighted by Crippen LogP contribution is 2.18. The predicted octanol–water partition coefficient (Wildman–Crippen LogP) is 1.92. The van der Waals surface area contributed by atoms with E-state index in [1.54, 1.807) is 6.92 Å². The van der Waals surface area contributed by atoms with Gasteiger partial charge in [-0.25, -0.2) is 4.98 Å². The molecule has 0 aliphatic carbocycles. The SMILES string of the molecule is Cc1nc2cc(CC(=O)N3CCN(C(=O)Cc4ccc[nH]4)CC3)ccc2o1. The number of nitrogens with zero attached hydrogens (tertiary/aromatic N) is 3. The quantitative estimate of drug-likeness (QED) is 0.765. The molecule has 0 radical (unpaired) electrons. The molecule has 140 valence electrons. The lowest BCUT2D eigenvalue weighted by Crippen LogP contribution is -2.51. The van der Waals surface area contributed by atoms with Crippen molar-refractivity contribution >= 4 is 22.9 Å². The number of fused-ring (bicyclic) bond motifs is 1. The number of nitrogens with one attached hydrogen (secondary N) is 1. The van der Waals surface area contributed by atoms with Crippen molar-refractivity contribution in [3.63, 3.8) is 0 Å². The van der Waals surface area contributed by atoms with E-state index >= 15 is 0 Å². The molecule has 0 atom stereocenters. The molecule has 0 spiro atoms. The summed E-state index contributed by atoms with van der Waals surface area (Å²) in [5.74, 6) is 0.788. The number of amides is 2. The molecule has 1 N–H and O–H groups in total. The zero-order valence-corrected chi connectivity index (χ0v) is 15.3. The van der Waals surface area contributed by atoms with Crippen molar-refractivity contribution in [3.8, 4) is 0 Å². The number of oxazole rings is 1. The third-order valence-electron chi connectivity index (χ3n) is 4.90. The van der Waals surface area contributed by atoms with Gasteiger partial charge in [-0.1, -0.05) is 6.07 Å². The molecule has 4 rings (SSSR count). The second kappa shape index (κ2) is 7.26. The molecule has 1 saturated heterocycles. The number of benzene rings is 1. The van der Waals surface area contributed by atoms with Gasteiger partial charge in [0.2, 0.25) is 11.8 Å². The van der Waals surface area contributed by atoms with Crippen molar-refractivity contribution in [2.45, 2.75) is 19.8 Å². The first-order valence-electron chi connectivity index (χ1n) is 9.12. The standard InChI is InChI=1S/C20H22N4O3/c1-14-22-17-11-15(4-5-18(17)27-14)12-19(25)23-7-9-24(10-8-23)20(26)13-16-3-2-6-21-16/h2-6,11,21H,7-10,12-13H2,1H3. The van der Waals surface area contributed by atoms with Crippen molar-refractivity contribution in [3.05, 3.63) is 53.7 Å². The van der Waals surface area contributed by atoms with E-state index < -0.39 is 0 Å². The molecule has 2 aromatic heterocycles. The van der Waals surface area contributed by atoms with Gasteiger partial charge in [0.05, 0.1) is 12.8 Å². The van der Waals surface area contributed by atoms with Crippen molar-refractivity contribution in [1.29, 1.82) is 0 Å². The monoisotopic (exact) mass is 366 g/mol. The number of rotatable bonds is 4. The summed E-state index contributed by atoms with van der Waals surface area (Å²) in [7, 11) is 0. The number of H-pyrrole nitrogens is 1. The molecule has 7 heteroatoms. The number of aromatic nitrogens is 2. The summed E-state index contributed by atoms with van der Waals surface area (Å²) in [5.41, 5.74) is 3.35. The zero-order valence-electron chi connectivity index (χ0n) is 15.3. The summed E-state index contributed by atoms with van der Waals surface area (Å²) in [4.78, 5) is 36.0. The van der Waals surface area contributed by atoms with Gasteiger partial charge in [-0.15, -0.1) is 0 Å². The fourth-order valence-corrected chi connectivity index (χ4v) is 3.44. The third-order valence-corrected chi connectivity index (χ3v) is 4.90. The van der Waals surface area contributed by atoms with Gasteiger partial charge in [0.15, 0.2) is 11.5 Å². The number of carbonyl (C=O) groups excluding carboxylic acids is 2. The largest absolute Gasteiger partial charge is 0.441 e. The summed E-state index contributed by atoms with van der Waals surface area (Å²) in [6.45, 7) is 4.10. The molecule has 0 bridgehead atoms. The van der Waals surface area contributed by atoms with Gasteiger partial charge >= 0.3 is 0 Å². The van der Waals surface area contributed by atoms with Gasteiger partial charge in [-0.3, -0.25) is 9.59 Å². The van der Waals surface area contributed by atoms with Crippen molar-refractivity contribution < 1.29 is 14.0 Å². The lowest BCUT2D eigenvalue weighted by molar-refractivity contribution is -0.138. The van der Waals surface area contributed by atoms with Crippen LogP contribution in [0.5, 0.6) is 0 Å². The summed E-state index contributed by atoms with van der Waals surface area (Å²) >= 11 is 0. The van der Waals surface area contributed by atoms with E-state index in [1.165, 1.54) is 0 Å². The average molecular weight is 366 g/mol. The molecule has 27 heavy (non-hydrogen) atoms. The van der Waals surface area contributed by atoms with E-state index in [1.807, 2.05) is 46.3 Å². The second-order valence-corrected chi connectivity index (χ2v) is 6.85. The van der Waals surface area contributed by atoms with Gasteiger partial charge in [-0.05, 0) is 29.8 Å². The highest BCUT2D eigenvalue weighted by molar-refractivity contribution is 5.82. The summed E-state index contributed by atoms with van der Waals surface area (Å²) in [6, 6.07) is 9.46. The fraction of sp³-hybridized carbons (Fsp3) is 0.350. The van der Waals surface area contributed by atoms with Crippen LogP contribution in [0.1, 0.15) is 17.1 Å². The Kier molecular flexibility index (Phi) is 4.66. The highest BCUT2D eigenvalue weighted by atomic mass is 16.3. The van der Waals surface area contributed by atoms with Gasteiger partial charge in [0, 0.05) is 45.0 Å². The van der Waals surface area contributed by atoms with Crippen LogP contribution < -0.4 is 0 Å². The number of aryl methyl sites for hydroxylation is 1. The fourth-order valence-electron chi connectivity index (χ4n) is 3.44. The minimum atomic E-state index is 0.0750. The number of carbonyl (C=O) groups is 2. The second-order valence-electron chi connectivity index (χ2n) is 6.85. The minimum absolute atomic E-state index is 0.0750. The van der Waals surface area contributed by atoms with Gasteiger partial charge in [-0.2, -0.15) is 0 Å². The molecule has 1 aromatic carbocycles. The van der Waals surface area contributed by atoms with E-state index in [4.69, 9.17) is 4.42 Å². The maximum Gasteiger partial charge on any atom is 0.228 e. The molecular formula is C20H22N4O3. The van der Waals surface area contributed by atoms with Crippen LogP contribution >= 0.6 is 0 Å². The maximum atomic E-state index is 12.6. The Labute approximate surface area is 157 Å². The number of piperazine rings is 1. The van der Waals surface area contributed by atoms with E-state index in [0.29, 0.717) is 44.9 Å². The Bertz CT molecular complexity index is 953. The molecule has 0 unspecified atom stereocenters. The first-order chi connectivity index (χ1) is 13.1. The van der Waals surface area contributed by atoms with Crippen LogP contribution in [-0.4, -0.2) is 57.8 Å². The first kappa shape index (κ1) is 17.3. The maximum absolute atomic E-state index is 12.6. The topological polar surface area (TPSA) is 82.4 Å². The Morgan fingerprint density at radius 2 is 1.78 bits per heavy atom. The van der Waals surface area contributed by atoms with Crippen molar-refractivity contribution in [2.24, 2.45) is 0 Å². The zero-order chi connectivity index (χ0) is 18.8. The predicted molar refractivity (Wildman–Crippen MR) is 100 cm³/mol. The molecule has 1 aliphatic heterocycles. The molecule has 0 saturated carbocycles. The summed E-state index contributed by atoms with van der Waals surface area (Å²) in [6.07, 6.45) is 2.52. The summed E-state index contributed by atoms with van der Waals surface area (Å²) < 4.78 is 5.47. The van der Waals surface area contributed by atoms with E-state index in [2.05, 4.69) is 9.97 Å². The molecule has 3 heterocycles. The average Bonchev–Trinajstić information content (AvgIpc) is 3.30. The van der Waals surface area contributed by atoms with Crippen molar-refractivity contribution in [1.82, 2.24) is 19.8 Å². The molecule has 2 amide bonds. The first-order valence-corrected chi connectivity index (χ1v) is 9.12. The van der Waals surface area contributed by atoms with Crippen LogP contribution in [0.3, 0.4) is 0 Å². The van der Waals surface area contributed by atoms with Crippen molar-refractivity contribution in [2.75, 3.05) is 26.2 Å². The third kappa shape index (κ3) is 3.86. The molecule has 1 aliphatic rings. The van der Waals surface area contributed by atoms with E-state index in [-0.39, 0.29) is 11.8 Å². The van der Waals surface area contributed by atoms with Gasteiger partial charge < -0.3 is 19.2 Å². The lowest BCUT2D eigenvalue weighted by atomic mass is 10.1. The van der Waals surface area contributed by atoms with Gasteiger partial charge in [0.25, 0.3) is 0 Å². The lowest BCUT2D eigenvalue weighted by Gasteiger charge is -2.35. The van der Waals surface area contributed by atoms with Crippen LogP contribution in [0, 0.1) is 6.92 Å². The number of hydrogen-bond acceptors (Lipinski definition) is 4. The van der Waals surface area contributed by atoms with Gasteiger partial charge in [0.1, 0.15) is 5.52 Å². The van der Waals surface area contributed by atoms with E-state index in [9.17, 15) is 9.59 Å². The minimum Gasteiger partial charge on any atom is -0.441 e. The van der Waals surface area contributed by atoms with Crippen LogP contribution in [0.15, 0.2) is 40.9 Å². The van der Waals surface area contributed by atoms with E-state index in [0.717, 1.165) is 22.4 Å². The van der Waals surface area contributed by atoms with Crippen LogP contribution in [0.25, 0.3) is 11.1 Å². The summed E-state index contributed by atoms with van der Waals surface area (Å²) in [5, 5.41) is 0. The molecule has 1 fully saturated rings. The van der Waals surface area contributed by atoms with Crippen LogP contribution in [0.4, 0.5) is 0 Å². The number of hydrogen-bond donors (Lipinski definition) is 1. The Morgan fingerprint density at radius 3 is 2.44 bits per heavy atom. The Hall–Kier alpha value is -3.09. The molecule has 3 aromatic rings. The Morgan fingerprint density at radius 1 is 1.07 bits per heavy atom. The van der Waals surface area contributed by atoms with Crippen LogP contribution in [-0.2, 0) is 22.4 Å².